The van der Waals surface area contributed by atoms with Crippen LogP contribution in [0.4, 0.5) is 0 Å². The van der Waals surface area contributed by atoms with Crippen LogP contribution in [0.5, 0.6) is 0 Å². The highest BCUT2D eigenvalue weighted by atomic mass is 16.5. The minimum Gasteiger partial charge on any atom is -0.481 e. The molecule has 0 saturated carbocycles. The van der Waals surface area contributed by atoms with Gasteiger partial charge in [-0.3, -0.25) is 4.79 Å². The first kappa shape index (κ1) is 12.2. The maximum atomic E-state index is 10.9. The van der Waals surface area contributed by atoms with Crippen molar-refractivity contribution in [3.63, 3.8) is 0 Å². The first-order chi connectivity index (χ1) is 9.24. The molecule has 1 aliphatic rings. The molecule has 1 fully saturated rings. The number of nitrogens with zero attached hydrogens (tertiary/aromatic N) is 1. The van der Waals surface area contributed by atoms with Crippen molar-refractivity contribution in [3.8, 4) is 0 Å². The van der Waals surface area contributed by atoms with Gasteiger partial charge in [0.05, 0.1) is 12.5 Å². The van der Waals surface area contributed by atoms with E-state index in [9.17, 15) is 4.79 Å². The number of carboxylic acid groups (broad SMARTS) is 1. The summed E-state index contributed by atoms with van der Waals surface area (Å²) >= 11 is 0. The molecule has 1 aliphatic heterocycles. The van der Waals surface area contributed by atoms with E-state index in [2.05, 4.69) is 4.57 Å². The zero-order valence-electron chi connectivity index (χ0n) is 10.7. The summed E-state index contributed by atoms with van der Waals surface area (Å²) < 4.78 is 7.79. The predicted molar refractivity (Wildman–Crippen MR) is 72.3 cm³/mol. The molecule has 1 aromatic heterocycles. The van der Waals surface area contributed by atoms with E-state index in [-0.39, 0.29) is 12.5 Å². The van der Waals surface area contributed by atoms with E-state index in [1.807, 2.05) is 30.5 Å². The van der Waals surface area contributed by atoms with E-state index in [0.29, 0.717) is 0 Å². The fourth-order valence-electron chi connectivity index (χ4n) is 2.79. The molecular weight excluding hydrogens is 242 g/mol. The molecule has 4 heteroatoms. The first-order valence-electron chi connectivity index (χ1n) is 6.64. The molecule has 1 atom stereocenters. The molecule has 0 bridgehead atoms. The van der Waals surface area contributed by atoms with Crippen molar-refractivity contribution in [1.82, 2.24) is 4.57 Å². The second kappa shape index (κ2) is 5.05. The number of para-hydroxylation sites is 1. The van der Waals surface area contributed by atoms with Gasteiger partial charge >= 0.3 is 5.97 Å². The van der Waals surface area contributed by atoms with Gasteiger partial charge in [0.1, 0.15) is 0 Å². The smallest absolute Gasteiger partial charge is 0.307 e. The van der Waals surface area contributed by atoms with Gasteiger partial charge in [0.2, 0.25) is 0 Å². The number of aliphatic carboxylic acids is 1. The molecule has 19 heavy (non-hydrogen) atoms. The van der Waals surface area contributed by atoms with E-state index in [1.165, 1.54) is 0 Å². The molecule has 100 valence electrons. The fraction of sp³-hybridized carbons (Fsp3) is 0.400. The average Bonchev–Trinajstić information content (AvgIpc) is 2.99. The maximum Gasteiger partial charge on any atom is 0.307 e. The van der Waals surface area contributed by atoms with Crippen molar-refractivity contribution in [2.75, 3.05) is 6.61 Å². The molecule has 0 aliphatic carbocycles. The van der Waals surface area contributed by atoms with Crippen molar-refractivity contribution >= 4 is 16.9 Å². The van der Waals surface area contributed by atoms with Gasteiger partial charge in [0.25, 0.3) is 0 Å². The Morgan fingerprint density at radius 2 is 2.26 bits per heavy atom. The number of carbonyl (C=O) groups is 1. The lowest BCUT2D eigenvalue weighted by Gasteiger charge is -2.11. The second-order valence-electron chi connectivity index (χ2n) is 5.03. The highest BCUT2D eigenvalue weighted by molar-refractivity contribution is 5.87. The lowest BCUT2D eigenvalue weighted by Crippen LogP contribution is -2.14. The topological polar surface area (TPSA) is 51.5 Å². The predicted octanol–water partition coefficient (Wildman–Crippen LogP) is 2.45. The van der Waals surface area contributed by atoms with Gasteiger partial charge < -0.3 is 14.4 Å². The van der Waals surface area contributed by atoms with Gasteiger partial charge in [0.15, 0.2) is 0 Å². The van der Waals surface area contributed by atoms with Crippen LogP contribution in [-0.4, -0.2) is 28.4 Å². The minimum atomic E-state index is -0.792. The molecule has 2 heterocycles. The Morgan fingerprint density at radius 3 is 3.00 bits per heavy atom. The molecule has 0 spiro atoms. The van der Waals surface area contributed by atoms with Crippen LogP contribution in [0.25, 0.3) is 10.9 Å². The third kappa shape index (κ3) is 2.49. The molecule has 1 unspecified atom stereocenters. The van der Waals surface area contributed by atoms with Crippen LogP contribution in [0.15, 0.2) is 30.5 Å². The zero-order valence-corrected chi connectivity index (χ0v) is 10.7. The summed E-state index contributed by atoms with van der Waals surface area (Å²) in [6.45, 7) is 1.64. The number of carboxylic acids is 1. The lowest BCUT2D eigenvalue weighted by atomic mass is 10.1. The fourth-order valence-corrected chi connectivity index (χ4v) is 2.79. The highest BCUT2D eigenvalue weighted by Crippen LogP contribution is 2.24. The molecular formula is C15H17NO3. The van der Waals surface area contributed by atoms with Crippen molar-refractivity contribution in [2.45, 2.75) is 31.9 Å². The number of aromatic nitrogens is 1. The Kier molecular flexibility index (Phi) is 3.25. The number of hydrogen-bond acceptors (Lipinski definition) is 2. The van der Waals surface area contributed by atoms with Crippen LogP contribution in [-0.2, 0) is 22.5 Å². The molecule has 4 nitrogen and oxygen atoms in total. The molecule has 0 radical (unpaired) electrons. The van der Waals surface area contributed by atoms with Crippen LogP contribution >= 0.6 is 0 Å². The maximum absolute atomic E-state index is 10.9. The molecule has 1 aromatic carbocycles. The lowest BCUT2D eigenvalue weighted by molar-refractivity contribution is -0.136. The number of fused-ring (bicyclic) bond motifs is 1. The minimum absolute atomic E-state index is 0.0685. The molecule has 2 aromatic rings. The number of ether oxygens (including phenoxy) is 1. The van der Waals surface area contributed by atoms with Crippen LogP contribution in [0, 0.1) is 0 Å². The zero-order chi connectivity index (χ0) is 13.2. The van der Waals surface area contributed by atoms with E-state index in [1.54, 1.807) is 0 Å². The van der Waals surface area contributed by atoms with E-state index in [0.717, 1.165) is 42.5 Å². The monoisotopic (exact) mass is 259 g/mol. The van der Waals surface area contributed by atoms with Gasteiger partial charge in [-0.05, 0) is 24.5 Å². The summed E-state index contributed by atoms with van der Waals surface area (Å²) in [6, 6.07) is 7.96. The highest BCUT2D eigenvalue weighted by Gasteiger charge is 2.18. The largest absolute Gasteiger partial charge is 0.481 e. The van der Waals surface area contributed by atoms with Gasteiger partial charge in [0, 0.05) is 30.3 Å². The van der Waals surface area contributed by atoms with E-state index >= 15 is 0 Å². The van der Waals surface area contributed by atoms with Crippen LogP contribution in [0.3, 0.4) is 0 Å². The van der Waals surface area contributed by atoms with Crippen molar-refractivity contribution in [2.24, 2.45) is 0 Å². The third-order valence-electron chi connectivity index (χ3n) is 3.64. The van der Waals surface area contributed by atoms with E-state index < -0.39 is 5.97 Å². The van der Waals surface area contributed by atoms with Gasteiger partial charge in [-0.2, -0.15) is 0 Å². The second-order valence-corrected chi connectivity index (χ2v) is 5.03. The summed E-state index contributed by atoms with van der Waals surface area (Å²) in [7, 11) is 0. The van der Waals surface area contributed by atoms with E-state index in [4.69, 9.17) is 9.84 Å². The van der Waals surface area contributed by atoms with Gasteiger partial charge in [-0.15, -0.1) is 0 Å². The molecule has 1 saturated heterocycles. The summed E-state index contributed by atoms with van der Waals surface area (Å²) in [5, 5.41) is 10.0. The third-order valence-corrected chi connectivity index (χ3v) is 3.64. The summed E-state index contributed by atoms with van der Waals surface area (Å²) in [5.41, 5.74) is 1.97. The number of benzene rings is 1. The number of rotatable bonds is 4. The van der Waals surface area contributed by atoms with Gasteiger partial charge in [-0.1, -0.05) is 18.2 Å². The number of hydrogen-bond donors (Lipinski definition) is 1. The average molecular weight is 259 g/mol. The quantitative estimate of drug-likeness (QED) is 0.917. The summed E-state index contributed by atoms with van der Waals surface area (Å²) in [5.74, 6) is -0.792. The summed E-state index contributed by atoms with van der Waals surface area (Å²) in [4.78, 5) is 10.9. The first-order valence-corrected chi connectivity index (χ1v) is 6.64. The van der Waals surface area contributed by atoms with Crippen LogP contribution < -0.4 is 0 Å². The Hall–Kier alpha value is -1.81. The Morgan fingerprint density at radius 1 is 1.42 bits per heavy atom. The normalized spacial score (nSPS) is 19.1. The molecule has 1 N–H and O–H groups in total. The molecule has 3 rings (SSSR count). The Bertz CT molecular complexity index is 596. The SMILES string of the molecule is O=C(O)Cc1cn(CC2CCCO2)c2ccccc12. The standard InChI is InChI=1S/C15H17NO3/c17-15(18)8-11-9-16(10-12-4-3-7-19-12)14-6-2-1-5-13(11)14/h1-2,5-6,9,12H,3-4,7-8,10H2,(H,17,18). The van der Waals surface area contributed by atoms with Crippen molar-refractivity contribution in [1.29, 1.82) is 0 Å². The van der Waals surface area contributed by atoms with Crippen molar-refractivity contribution < 1.29 is 14.6 Å². The summed E-state index contributed by atoms with van der Waals surface area (Å²) in [6.07, 6.45) is 4.49. The van der Waals surface area contributed by atoms with Crippen LogP contribution in [0.2, 0.25) is 0 Å². The Labute approximate surface area is 111 Å². The van der Waals surface area contributed by atoms with Gasteiger partial charge in [-0.25, -0.2) is 0 Å². The Balaban J connectivity index is 1.96. The molecule has 0 amide bonds. The van der Waals surface area contributed by atoms with Crippen molar-refractivity contribution in [3.05, 3.63) is 36.0 Å². The van der Waals surface area contributed by atoms with Crippen LogP contribution in [0.1, 0.15) is 18.4 Å².